The summed E-state index contributed by atoms with van der Waals surface area (Å²) in [6.45, 7) is 0.136. The molecule has 0 fully saturated rings. The Morgan fingerprint density at radius 1 is 1.11 bits per heavy atom. The van der Waals surface area contributed by atoms with Crippen LogP contribution in [0, 0.1) is 17.5 Å². The van der Waals surface area contributed by atoms with Crippen LogP contribution in [0.1, 0.15) is 5.56 Å². The molecule has 0 spiro atoms. The minimum absolute atomic E-state index is 0.104. The summed E-state index contributed by atoms with van der Waals surface area (Å²) in [7, 11) is 0. The molecule has 3 rings (SSSR count). The predicted octanol–water partition coefficient (Wildman–Crippen LogP) is 3.05. The van der Waals surface area contributed by atoms with Gasteiger partial charge in [0.15, 0.2) is 30.6 Å². The molecule has 0 N–H and O–H groups in total. The first-order valence-electron chi connectivity index (χ1n) is 5.49. The van der Waals surface area contributed by atoms with Gasteiger partial charge in [-0.1, -0.05) is 0 Å². The second-order valence-electron chi connectivity index (χ2n) is 4.08. The molecule has 0 aliphatic carbocycles. The van der Waals surface area contributed by atoms with Crippen molar-refractivity contribution in [3.8, 4) is 0 Å². The number of nitrogens with zero attached hydrogens (tertiary/aromatic N) is 2. The Hall–Kier alpha value is -1.95. The molecular formula is C13H8F3N2S+. The number of thiazole rings is 1. The number of fused-ring (bicyclic) bond motifs is 1. The van der Waals surface area contributed by atoms with Gasteiger partial charge in [-0.25, -0.2) is 18.2 Å². The van der Waals surface area contributed by atoms with Crippen LogP contribution in [0.2, 0.25) is 0 Å². The summed E-state index contributed by atoms with van der Waals surface area (Å²) in [5, 5.41) is 0. The summed E-state index contributed by atoms with van der Waals surface area (Å²) in [6, 6.07) is 3.24. The van der Waals surface area contributed by atoms with Gasteiger partial charge in [0.05, 0.1) is 16.6 Å². The Morgan fingerprint density at radius 3 is 2.74 bits per heavy atom. The predicted molar refractivity (Wildman–Crippen MR) is 65.2 cm³/mol. The molecule has 0 aliphatic rings. The third-order valence-electron chi connectivity index (χ3n) is 2.77. The summed E-state index contributed by atoms with van der Waals surface area (Å²) in [6.07, 6.45) is 3.52. The molecule has 2 aromatic heterocycles. The van der Waals surface area contributed by atoms with Crippen LogP contribution >= 0.6 is 11.3 Å². The van der Waals surface area contributed by atoms with Crippen LogP contribution in [0.5, 0.6) is 0 Å². The van der Waals surface area contributed by atoms with Crippen LogP contribution in [-0.2, 0) is 6.54 Å². The van der Waals surface area contributed by atoms with Crippen molar-refractivity contribution in [2.75, 3.05) is 0 Å². The maximum Gasteiger partial charge on any atom is 0.188 e. The number of benzene rings is 1. The molecule has 0 saturated heterocycles. The fourth-order valence-electron chi connectivity index (χ4n) is 1.83. The van der Waals surface area contributed by atoms with Crippen molar-refractivity contribution in [3.63, 3.8) is 0 Å². The summed E-state index contributed by atoms with van der Waals surface area (Å²) >= 11 is 1.46. The van der Waals surface area contributed by atoms with Crippen LogP contribution in [0.15, 0.2) is 36.1 Å². The normalized spacial score (nSPS) is 11.1. The Morgan fingerprint density at radius 2 is 1.89 bits per heavy atom. The minimum Gasteiger partial charge on any atom is -0.244 e. The van der Waals surface area contributed by atoms with Gasteiger partial charge in [-0.15, -0.1) is 11.3 Å². The van der Waals surface area contributed by atoms with E-state index < -0.39 is 17.5 Å². The molecule has 96 valence electrons. The van der Waals surface area contributed by atoms with Crippen molar-refractivity contribution < 1.29 is 17.7 Å². The number of hydrogen-bond acceptors (Lipinski definition) is 2. The zero-order valence-corrected chi connectivity index (χ0v) is 10.4. The number of aromatic nitrogens is 2. The molecular weight excluding hydrogens is 273 g/mol. The van der Waals surface area contributed by atoms with Crippen molar-refractivity contribution in [1.29, 1.82) is 0 Å². The third kappa shape index (κ3) is 2.31. The molecule has 0 radical (unpaired) electrons. The first kappa shape index (κ1) is 12.1. The number of hydrogen-bond donors (Lipinski definition) is 0. The molecule has 0 unspecified atom stereocenters. The standard InChI is InChI=1S/C13H8F3N2S/c14-9-4-11(16)10(15)3-8(9)5-18-2-1-12-13(6-18)19-7-17-12/h1-4,6-7H,5H2/q+1. The molecule has 3 aromatic rings. The molecule has 0 atom stereocenters. The van der Waals surface area contributed by atoms with Gasteiger partial charge in [-0.2, -0.15) is 4.57 Å². The summed E-state index contributed by atoms with van der Waals surface area (Å²) in [4.78, 5) is 4.13. The zero-order chi connectivity index (χ0) is 13.4. The molecule has 2 nitrogen and oxygen atoms in total. The van der Waals surface area contributed by atoms with Crippen LogP contribution < -0.4 is 4.57 Å². The second kappa shape index (κ2) is 4.62. The lowest BCUT2D eigenvalue weighted by molar-refractivity contribution is -0.687. The molecule has 0 amide bonds. The quantitative estimate of drug-likeness (QED) is 0.521. The maximum atomic E-state index is 13.5. The Kier molecular flexibility index (Phi) is 2.94. The number of pyridine rings is 1. The molecule has 19 heavy (non-hydrogen) atoms. The van der Waals surface area contributed by atoms with E-state index >= 15 is 0 Å². The summed E-state index contributed by atoms with van der Waals surface area (Å²) in [5.74, 6) is -2.98. The van der Waals surface area contributed by atoms with Gasteiger partial charge in [-0.3, -0.25) is 0 Å². The topological polar surface area (TPSA) is 16.8 Å². The van der Waals surface area contributed by atoms with E-state index in [1.54, 1.807) is 28.5 Å². The maximum absolute atomic E-state index is 13.5. The highest BCUT2D eigenvalue weighted by Crippen LogP contribution is 2.16. The zero-order valence-electron chi connectivity index (χ0n) is 9.61. The van der Waals surface area contributed by atoms with E-state index in [1.807, 2.05) is 0 Å². The van der Waals surface area contributed by atoms with Crippen LogP contribution in [-0.4, -0.2) is 4.98 Å². The highest BCUT2D eigenvalue weighted by Gasteiger charge is 2.14. The fourth-order valence-corrected chi connectivity index (χ4v) is 2.54. The lowest BCUT2D eigenvalue weighted by atomic mass is 10.2. The minimum atomic E-state index is -1.18. The smallest absolute Gasteiger partial charge is 0.188 e. The molecule has 0 saturated carbocycles. The highest BCUT2D eigenvalue weighted by atomic mass is 32.1. The largest absolute Gasteiger partial charge is 0.244 e. The van der Waals surface area contributed by atoms with Gasteiger partial charge in [-0.05, 0) is 6.07 Å². The molecule has 0 bridgehead atoms. The van der Waals surface area contributed by atoms with Gasteiger partial charge in [0, 0.05) is 12.1 Å². The van der Waals surface area contributed by atoms with Crippen molar-refractivity contribution in [1.82, 2.24) is 4.98 Å². The van der Waals surface area contributed by atoms with E-state index in [0.29, 0.717) is 6.07 Å². The lowest BCUT2D eigenvalue weighted by Crippen LogP contribution is -2.33. The average molecular weight is 281 g/mol. The summed E-state index contributed by atoms with van der Waals surface area (Å²) < 4.78 is 42.1. The van der Waals surface area contributed by atoms with E-state index in [0.717, 1.165) is 16.3 Å². The van der Waals surface area contributed by atoms with Gasteiger partial charge < -0.3 is 0 Å². The van der Waals surface area contributed by atoms with Crippen molar-refractivity contribution in [2.45, 2.75) is 6.54 Å². The van der Waals surface area contributed by atoms with E-state index in [1.165, 1.54) is 11.3 Å². The Bertz CT molecular complexity index is 755. The highest BCUT2D eigenvalue weighted by molar-refractivity contribution is 7.16. The van der Waals surface area contributed by atoms with E-state index in [-0.39, 0.29) is 12.1 Å². The first-order chi connectivity index (χ1) is 9.13. The van der Waals surface area contributed by atoms with E-state index in [4.69, 9.17) is 0 Å². The van der Waals surface area contributed by atoms with Crippen molar-refractivity contribution >= 4 is 21.6 Å². The van der Waals surface area contributed by atoms with Crippen LogP contribution in [0.3, 0.4) is 0 Å². The van der Waals surface area contributed by atoms with Crippen molar-refractivity contribution in [3.05, 3.63) is 59.1 Å². The Labute approximate surface area is 110 Å². The second-order valence-corrected chi connectivity index (χ2v) is 4.96. The van der Waals surface area contributed by atoms with E-state index in [9.17, 15) is 13.2 Å². The molecule has 6 heteroatoms. The molecule has 2 heterocycles. The first-order valence-corrected chi connectivity index (χ1v) is 6.37. The third-order valence-corrected chi connectivity index (χ3v) is 3.55. The molecule has 1 aromatic carbocycles. The molecule has 0 aliphatic heterocycles. The van der Waals surface area contributed by atoms with E-state index in [2.05, 4.69) is 4.98 Å². The van der Waals surface area contributed by atoms with Gasteiger partial charge in [0.25, 0.3) is 0 Å². The monoisotopic (exact) mass is 281 g/mol. The fraction of sp³-hybridized carbons (Fsp3) is 0.0769. The van der Waals surface area contributed by atoms with Gasteiger partial charge in [0.1, 0.15) is 10.5 Å². The average Bonchev–Trinajstić information content (AvgIpc) is 2.83. The number of halogens is 3. The SMILES string of the molecule is Fc1cc(F)c(C[n+]2ccc3ncsc3c2)cc1F. The number of rotatable bonds is 2. The van der Waals surface area contributed by atoms with Crippen LogP contribution in [0.4, 0.5) is 13.2 Å². The van der Waals surface area contributed by atoms with Crippen molar-refractivity contribution in [2.24, 2.45) is 0 Å². The lowest BCUT2D eigenvalue weighted by Gasteiger charge is -2.01. The van der Waals surface area contributed by atoms with Crippen LogP contribution in [0.25, 0.3) is 10.2 Å². The Balaban J connectivity index is 1.98. The van der Waals surface area contributed by atoms with Gasteiger partial charge in [0.2, 0.25) is 0 Å². The summed E-state index contributed by atoms with van der Waals surface area (Å²) in [5.41, 5.74) is 2.67. The van der Waals surface area contributed by atoms with Gasteiger partial charge >= 0.3 is 0 Å².